The van der Waals surface area contributed by atoms with Crippen LogP contribution in [0.1, 0.15) is 39.8 Å². The van der Waals surface area contributed by atoms with Crippen molar-refractivity contribution in [2.45, 2.75) is 45.4 Å². The van der Waals surface area contributed by atoms with Crippen molar-refractivity contribution in [2.75, 3.05) is 13.6 Å². The first kappa shape index (κ1) is 28.0. The summed E-state index contributed by atoms with van der Waals surface area (Å²) < 4.78 is 32.4. The van der Waals surface area contributed by atoms with Crippen LogP contribution in [0.4, 0.5) is 4.39 Å². The summed E-state index contributed by atoms with van der Waals surface area (Å²) in [6.07, 6.45) is 3.23. The van der Waals surface area contributed by atoms with E-state index in [1.807, 2.05) is 60.6 Å². The fourth-order valence-corrected chi connectivity index (χ4v) is 5.78. The van der Waals surface area contributed by atoms with Crippen LogP contribution in [-0.4, -0.2) is 18.6 Å². The van der Waals surface area contributed by atoms with Crippen molar-refractivity contribution in [1.82, 2.24) is 10.4 Å². The minimum absolute atomic E-state index is 0.156. The minimum Gasteiger partial charge on any atom is -0.457 e. The largest absolute Gasteiger partial charge is 0.457 e. The first-order valence-corrected chi connectivity index (χ1v) is 14.6. The Bertz CT molecular complexity index is 1580. The van der Waals surface area contributed by atoms with E-state index in [-0.39, 0.29) is 5.82 Å². The Balaban J connectivity index is 1.10. The van der Waals surface area contributed by atoms with Crippen molar-refractivity contribution in [2.24, 2.45) is 0 Å². The van der Waals surface area contributed by atoms with E-state index in [0.29, 0.717) is 47.8 Å². The molecule has 1 N–H and O–H groups in total. The van der Waals surface area contributed by atoms with Crippen LogP contribution in [0.25, 0.3) is 0 Å². The van der Waals surface area contributed by atoms with E-state index in [4.69, 9.17) is 37.4 Å². The molecule has 0 atom stereocenters. The molecule has 41 heavy (non-hydrogen) atoms. The first-order valence-electron chi connectivity index (χ1n) is 13.8. The average molecular weight is 594 g/mol. The van der Waals surface area contributed by atoms with Gasteiger partial charge in [-0.1, -0.05) is 41.4 Å². The number of benzene rings is 4. The predicted octanol–water partition coefficient (Wildman–Crippen LogP) is 8.42. The summed E-state index contributed by atoms with van der Waals surface area (Å²) in [7, 11) is 1.99. The summed E-state index contributed by atoms with van der Waals surface area (Å²) in [5.41, 5.74) is 9.56. The van der Waals surface area contributed by atoms with E-state index >= 15 is 0 Å². The number of hydrazine groups is 1. The third-order valence-electron chi connectivity index (χ3n) is 7.57. The average Bonchev–Trinajstić information content (AvgIpc) is 3.63. The smallest absolute Gasteiger partial charge is 0.133 e. The fourth-order valence-electron chi connectivity index (χ4n) is 5.46. The molecule has 1 aliphatic carbocycles. The molecule has 8 heteroatoms. The zero-order valence-electron chi connectivity index (χ0n) is 22.8. The van der Waals surface area contributed by atoms with E-state index in [0.717, 1.165) is 65.0 Å². The number of rotatable bonds is 10. The van der Waals surface area contributed by atoms with E-state index in [1.54, 1.807) is 6.07 Å². The van der Waals surface area contributed by atoms with Crippen LogP contribution in [0.15, 0.2) is 66.7 Å². The zero-order chi connectivity index (χ0) is 28.3. The molecule has 5 nitrogen and oxygen atoms in total. The lowest BCUT2D eigenvalue weighted by Gasteiger charge is -2.21. The molecule has 0 saturated carbocycles. The molecule has 0 aromatic heterocycles. The lowest BCUT2D eigenvalue weighted by molar-refractivity contribution is 0.134. The Morgan fingerprint density at radius 2 is 1.54 bits per heavy atom. The van der Waals surface area contributed by atoms with Gasteiger partial charge in [0.2, 0.25) is 0 Å². The van der Waals surface area contributed by atoms with Crippen molar-refractivity contribution in [3.05, 3.63) is 116 Å². The van der Waals surface area contributed by atoms with Gasteiger partial charge < -0.3 is 14.2 Å². The Kier molecular flexibility index (Phi) is 8.47. The van der Waals surface area contributed by atoms with Crippen LogP contribution in [0.5, 0.6) is 23.0 Å². The second kappa shape index (κ2) is 12.4. The molecule has 2 aliphatic rings. The fraction of sp³-hybridized carbons (Fsp3) is 0.273. The van der Waals surface area contributed by atoms with Crippen LogP contribution in [0.2, 0.25) is 10.0 Å². The van der Waals surface area contributed by atoms with Gasteiger partial charge in [-0.2, -0.15) is 0 Å². The Morgan fingerprint density at radius 1 is 0.805 bits per heavy atom. The van der Waals surface area contributed by atoms with Crippen molar-refractivity contribution in [3.63, 3.8) is 0 Å². The van der Waals surface area contributed by atoms with Gasteiger partial charge in [0.1, 0.15) is 28.8 Å². The van der Waals surface area contributed by atoms with Gasteiger partial charge in [-0.15, -0.1) is 0 Å². The Hall–Kier alpha value is -3.13. The van der Waals surface area contributed by atoms with Crippen LogP contribution in [-0.2, 0) is 43.8 Å². The Morgan fingerprint density at radius 3 is 2.37 bits per heavy atom. The summed E-state index contributed by atoms with van der Waals surface area (Å²) in [4.78, 5) is 0. The number of ether oxygens (including phenoxy) is 3. The van der Waals surface area contributed by atoms with Gasteiger partial charge in [0.25, 0.3) is 0 Å². The highest BCUT2D eigenvalue weighted by Gasteiger charge is 2.21. The van der Waals surface area contributed by atoms with Crippen molar-refractivity contribution in [1.29, 1.82) is 0 Å². The number of hydrogen-bond acceptors (Lipinski definition) is 5. The molecule has 4 aromatic carbocycles. The summed E-state index contributed by atoms with van der Waals surface area (Å²) in [5.74, 6) is 2.71. The maximum atomic E-state index is 14.3. The van der Waals surface area contributed by atoms with E-state index in [2.05, 4.69) is 11.5 Å². The van der Waals surface area contributed by atoms with Gasteiger partial charge in [-0.3, -0.25) is 5.43 Å². The van der Waals surface area contributed by atoms with Crippen molar-refractivity contribution >= 4 is 23.2 Å². The minimum atomic E-state index is -0.156. The van der Waals surface area contributed by atoms with Crippen LogP contribution >= 0.6 is 23.2 Å². The van der Waals surface area contributed by atoms with E-state index in [1.165, 1.54) is 11.6 Å². The van der Waals surface area contributed by atoms with Crippen molar-refractivity contribution < 1.29 is 18.6 Å². The summed E-state index contributed by atoms with van der Waals surface area (Å²) in [6, 6.07) is 20.6. The summed E-state index contributed by atoms with van der Waals surface area (Å²) >= 11 is 12.6. The standard InChI is InChI=1S/C33H31Cl2FN2O3/c1-38(18-22-6-9-26(35)17-33(22)41-31-12-11-30(36)28-3-2-4-29(28)31)37-14-13-21-5-8-25(34)16-32(21)40-27-10-7-23-19-39-20-24(23)15-27/h5-12,15-17,37H,2-4,13-14,18-20H2,1H3. The normalized spacial score (nSPS) is 13.9. The molecule has 0 saturated heterocycles. The van der Waals surface area contributed by atoms with Gasteiger partial charge in [0.15, 0.2) is 0 Å². The maximum Gasteiger partial charge on any atom is 0.133 e. The quantitative estimate of drug-likeness (QED) is 0.187. The number of nitrogens with zero attached hydrogens (tertiary/aromatic N) is 1. The molecule has 1 aliphatic heterocycles. The number of fused-ring (bicyclic) bond motifs is 2. The number of hydrogen-bond donors (Lipinski definition) is 1. The molecule has 0 bridgehead atoms. The third kappa shape index (κ3) is 6.53. The molecule has 4 aromatic rings. The second-order valence-corrected chi connectivity index (χ2v) is 11.4. The third-order valence-corrected chi connectivity index (χ3v) is 8.04. The first-order chi connectivity index (χ1) is 19.9. The van der Waals surface area contributed by atoms with Crippen LogP contribution in [0.3, 0.4) is 0 Å². The lowest BCUT2D eigenvalue weighted by atomic mass is 10.1. The lowest BCUT2D eigenvalue weighted by Crippen LogP contribution is -2.35. The molecule has 0 spiro atoms. The summed E-state index contributed by atoms with van der Waals surface area (Å²) in [5, 5.41) is 3.23. The highest BCUT2D eigenvalue weighted by molar-refractivity contribution is 6.31. The Labute approximate surface area is 249 Å². The van der Waals surface area contributed by atoms with Crippen LogP contribution in [0, 0.1) is 5.82 Å². The van der Waals surface area contributed by atoms with Gasteiger partial charge in [-0.05, 0) is 96.5 Å². The van der Waals surface area contributed by atoms with E-state index < -0.39 is 0 Å². The van der Waals surface area contributed by atoms with E-state index in [9.17, 15) is 4.39 Å². The molecular weight excluding hydrogens is 562 g/mol. The zero-order valence-corrected chi connectivity index (χ0v) is 24.3. The van der Waals surface area contributed by atoms with Gasteiger partial charge >= 0.3 is 0 Å². The molecule has 6 rings (SSSR count). The molecule has 0 amide bonds. The van der Waals surface area contributed by atoms with Gasteiger partial charge in [-0.25, -0.2) is 9.40 Å². The highest BCUT2D eigenvalue weighted by Crippen LogP contribution is 2.37. The highest BCUT2D eigenvalue weighted by atomic mass is 35.5. The monoisotopic (exact) mass is 592 g/mol. The molecule has 0 unspecified atom stereocenters. The number of halogens is 3. The molecular formula is C33H31Cl2FN2O3. The molecule has 1 heterocycles. The van der Waals surface area contributed by atoms with Crippen molar-refractivity contribution in [3.8, 4) is 23.0 Å². The summed E-state index contributed by atoms with van der Waals surface area (Å²) in [6.45, 7) is 2.52. The van der Waals surface area contributed by atoms with Crippen LogP contribution < -0.4 is 14.9 Å². The molecule has 0 fully saturated rings. The maximum absolute atomic E-state index is 14.3. The SMILES string of the molecule is CN(Cc1ccc(Cl)cc1Oc1ccc(F)c2c1CCC2)NCCc1ccc(Cl)cc1Oc1ccc2c(c1)COC2. The predicted molar refractivity (Wildman–Crippen MR) is 160 cm³/mol. The topological polar surface area (TPSA) is 43.0 Å². The van der Waals surface area contributed by atoms with Gasteiger partial charge in [0, 0.05) is 41.3 Å². The van der Waals surface area contributed by atoms with Gasteiger partial charge in [0.05, 0.1) is 13.2 Å². The molecule has 212 valence electrons. The number of nitrogens with one attached hydrogen (secondary N) is 1. The second-order valence-electron chi connectivity index (χ2n) is 10.5. The molecule has 0 radical (unpaired) electrons.